The summed E-state index contributed by atoms with van der Waals surface area (Å²) in [4.78, 5) is 26.6. The summed E-state index contributed by atoms with van der Waals surface area (Å²) in [6, 6.07) is 10.4. The molecule has 0 aliphatic carbocycles. The number of anilines is 1. The van der Waals surface area contributed by atoms with Crippen LogP contribution in [0.5, 0.6) is 11.5 Å². The van der Waals surface area contributed by atoms with Gasteiger partial charge >= 0.3 is 0 Å². The summed E-state index contributed by atoms with van der Waals surface area (Å²) in [5.41, 5.74) is 6.94. The normalized spacial score (nSPS) is 16.5. The zero-order valence-corrected chi connectivity index (χ0v) is 15.9. The van der Waals surface area contributed by atoms with Gasteiger partial charge in [0.2, 0.25) is 5.91 Å². The molecule has 9 nitrogen and oxygen atoms in total. The van der Waals surface area contributed by atoms with E-state index in [1.54, 1.807) is 6.07 Å². The molecule has 1 saturated heterocycles. The Morgan fingerprint density at radius 3 is 2.45 bits per heavy atom. The van der Waals surface area contributed by atoms with Gasteiger partial charge in [0.1, 0.15) is 18.9 Å². The van der Waals surface area contributed by atoms with E-state index in [1.165, 1.54) is 12.1 Å². The van der Waals surface area contributed by atoms with Gasteiger partial charge in [0.05, 0.1) is 4.92 Å². The van der Waals surface area contributed by atoms with Crippen LogP contribution in [0.25, 0.3) is 0 Å². The largest absolute Gasteiger partial charge is 0.486 e. The van der Waals surface area contributed by atoms with Gasteiger partial charge in [-0.05, 0) is 29.8 Å². The number of piperazine rings is 1. The van der Waals surface area contributed by atoms with Crippen LogP contribution in [0.1, 0.15) is 15.9 Å². The Hall–Kier alpha value is -3.33. The molecule has 0 saturated carbocycles. The fourth-order valence-electron chi connectivity index (χ4n) is 3.68. The van der Waals surface area contributed by atoms with Crippen molar-refractivity contribution >= 4 is 17.3 Å². The summed E-state index contributed by atoms with van der Waals surface area (Å²) in [6.45, 7) is 4.74. The Balaban J connectivity index is 1.42. The van der Waals surface area contributed by atoms with Crippen molar-refractivity contribution in [1.29, 1.82) is 0 Å². The maximum Gasteiger partial charge on any atom is 0.293 e. The first-order valence-corrected chi connectivity index (χ1v) is 9.45. The van der Waals surface area contributed by atoms with Crippen molar-refractivity contribution in [2.24, 2.45) is 5.73 Å². The Labute approximate surface area is 167 Å². The lowest BCUT2D eigenvalue weighted by atomic mass is 10.1. The van der Waals surface area contributed by atoms with Gasteiger partial charge < -0.3 is 20.1 Å². The van der Waals surface area contributed by atoms with E-state index in [2.05, 4.69) is 4.90 Å². The summed E-state index contributed by atoms with van der Waals surface area (Å²) in [7, 11) is 0. The van der Waals surface area contributed by atoms with Gasteiger partial charge in [-0.2, -0.15) is 0 Å². The summed E-state index contributed by atoms with van der Waals surface area (Å²) < 4.78 is 11.2. The molecule has 0 bridgehead atoms. The highest BCUT2D eigenvalue weighted by molar-refractivity contribution is 5.94. The third kappa shape index (κ3) is 4.09. The molecule has 0 aromatic heterocycles. The quantitative estimate of drug-likeness (QED) is 0.604. The first-order valence-electron chi connectivity index (χ1n) is 9.45. The van der Waals surface area contributed by atoms with Gasteiger partial charge in [0.15, 0.2) is 11.5 Å². The van der Waals surface area contributed by atoms with E-state index in [0.29, 0.717) is 32.0 Å². The van der Waals surface area contributed by atoms with E-state index < -0.39 is 10.8 Å². The molecule has 0 spiro atoms. The second kappa shape index (κ2) is 7.96. The van der Waals surface area contributed by atoms with Crippen molar-refractivity contribution in [3.05, 3.63) is 57.6 Å². The molecule has 2 aliphatic heterocycles. The maximum absolute atomic E-state index is 11.5. The first kappa shape index (κ1) is 19.0. The number of fused-ring (bicyclic) bond motifs is 1. The minimum Gasteiger partial charge on any atom is -0.486 e. The van der Waals surface area contributed by atoms with Gasteiger partial charge in [-0.25, -0.2) is 0 Å². The molecule has 2 aliphatic rings. The van der Waals surface area contributed by atoms with Gasteiger partial charge in [-0.1, -0.05) is 6.07 Å². The fourth-order valence-corrected chi connectivity index (χ4v) is 3.68. The van der Waals surface area contributed by atoms with E-state index in [-0.39, 0.29) is 11.3 Å². The van der Waals surface area contributed by atoms with Crippen molar-refractivity contribution in [2.75, 3.05) is 44.3 Å². The van der Waals surface area contributed by atoms with Crippen LogP contribution in [-0.2, 0) is 6.54 Å². The van der Waals surface area contributed by atoms with Gasteiger partial charge in [-0.15, -0.1) is 0 Å². The number of rotatable bonds is 5. The van der Waals surface area contributed by atoms with Crippen LogP contribution >= 0.6 is 0 Å². The topological polar surface area (TPSA) is 111 Å². The van der Waals surface area contributed by atoms with E-state index >= 15 is 0 Å². The number of primary amides is 1. The van der Waals surface area contributed by atoms with Crippen molar-refractivity contribution in [3.8, 4) is 11.5 Å². The first-order chi connectivity index (χ1) is 14.0. The fraction of sp³-hybridized carbons (Fsp3) is 0.350. The highest BCUT2D eigenvalue weighted by Crippen LogP contribution is 2.32. The van der Waals surface area contributed by atoms with Crippen LogP contribution in [0.3, 0.4) is 0 Å². The van der Waals surface area contributed by atoms with E-state index in [1.807, 2.05) is 23.1 Å². The monoisotopic (exact) mass is 398 g/mol. The number of hydrogen-bond acceptors (Lipinski definition) is 7. The van der Waals surface area contributed by atoms with Crippen LogP contribution in [0.4, 0.5) is 11.4 Å². The second-order valence-electron chi connectivity index (χ2n) is 7.07. The molecule has 2 N–H and O–H groups in total. The molecule has 4 rings (SSSR count). The van der Waals surface area contributed by atoms with Crippen LogP contribution in [0, 0.1) is 10.1 Å². The van der Waals surface area contributed by atoms with Gasteiger partial charge in [0, 0.05) is 44.4 Å². The van der Waals surface area contributed by atoms with Crippen LogP contribution < -0.4 is 20.1 Å². The molecule has 9 heteroatoms. The number of nitrogens with two attached hydrogens (primary N) is 1. The van der Waals surface area contributed by atoms with Gasteiger partial charge in [0.25, 0.3) is 5.69 Å². The predicted octanol–water partition coefficient (Wildman–Crippen LogP) is 1.79. The van der Waals surface area contributed by atoms with Crippen molar-refractivity contribution < 1.29 is 19.2 Å². The third-order valence-corrected chi connectivity index (χ3v) is 5.18. The van der Waals surface area contributed by atoms with Crippen LogP contribution in [-0.4, -0.2) is 55.1 Å². The average molecular weight is 398 g/mol. The van der Waals surface area contributed by atoms with E-state index in [4.69, 9.17) is 15.2 Å². The number of amides is 1. The summed E-state index contributed by atoms with van der Waals surface area (Å²) in [5.74, 6) is 0.873. The molecule has 0 radical (unpaired) electrons. The zero-order valence-electron chi connectivity index (χ0n) is 15.9. The molecule has 2 aromatic carbocycles. The molecular formula is C20H22N4O5. The van der Waals surface area contributed by atoms with Crippen LogP contribution in [0.2, 0.25) is 0 Å². The molecule has 2 heterocycles. The molecule has 1 fully saturated rings. The lowest BCUT2D eigenvalue weighted by Crippen LogP contribution is -2.46. The Bertz CT molecular complexity index is 940. The summed E-state index contributed by atoms with van der Waals surface area (Å²) in [5, 5.41) is 11.5. The number of ether oxygens (including phenoxy) is 2. The maximum atomic E-state index is 11.5. The zero-order chi connectivity index (χ0) is 20.4. The molecule has 1 amide bonds. The standard InChI is InChI=1S/C20H22N4O5/c21-20(25)15-2-3-16(17(12-15)24(26)27)23-7-5-22(6-8-23)13-14-1-4-18-19(11-14)29-10-9-28-18/h1-4,11-12H,5-10,13H2,(H2,21,25). The predicted molar refractivity (Wildman–Crippen MR) is 107 cm³/mol. The average Bonchev–Trinajstić information content (AvgIpc) is 2.73. The van der Waals surface area contributed by atoms with E-state index in [9.17, 15) is 14.9 Å². The Morgan fingerprint density at radius 2 is 1.76 bits per heavy atom. The Kier molecular flexibility index (Phi) is 5.22. The molecule has 29 heavy (non-hydrogen) atoms. The smallest absolute Gasteiger partial charge is 0.293 e. The molecule has 0 atom stereocenters. The highest BCUT2D eigenvalue weighted by Gasteiger charge is 2.25. The van der Waals surface area contributed by atoms with Crippen molar-refractivity contribution in [3.63, 3.8) is 0 Å². The van der Waals surface area contributed by atoms with Crippen LogP contribution in [0.15, 0.2) is 36.4 Å². The van der Waals surface area contributed by atoms with Gasteiger partial charge in [-0.3, -0.25) is 19.8 Å². The number of nitro benzene ring substituents is 1. The SMILES string of the molecule is NC(=O)c1ccc(N2CCN(Cc3ccc4c(c3)OCCO4)CC2)c([N+](=O)[O-])c1. The number of nitrogens with zero attached hydrogens (tertiary/aromatic N) is 3. The lowest BCUT2D eigenvalue weighted by molar-refractivity contribution is -0.384. The van der Waals surface area contributed by atoms with E-state index in [0.717, 1.165) is 36.7 Å². The number of carbonyl (C=O) groups excluding carboxylic acids is 1. The molecule has 0 unspecified atom stereocenters. The minimum absolute atomic E-state index is 0.0958. The highest BCUT2D eigenvalue weighted by atomic mass is 16.6. The van der Waals surface area contributed by atoms with Crippen molar-refractivity contribution in [2.45, 2.75) is 6.54 Å². The molecule has 152 valence electrons. The molecular weight excluding hydrogens is 376 g/mol. The van der Waals surface area contributed by atoms with Crippen molar-refractivity contribution in [1.82, 2.24) is 4.90 Å². The molecule has 2 aromatic rings. The number of hydrogen-bond donors (Lipinski definition) is 1. The third-order valence-electron chi connectivity index (χ3n) is 5.18. The lowest BCUT2D eigenvalue weighted by Gasteiger charge is -2.36. The summed E-state index contributed by atoms with van der Waals surface area (Å²) >= 11 is 0. The summed E-state index contributed by atoms with van der Waals surface area (Å²) in [6.07, 6.45) is 0. The second-order valence-corrected chi connectivity index (χ2v) is 7.07. The minimum atomic E-state index is -0.677. The number of nitro groups is 1. The number of benzene rings is 2. The number of carbonyl (C=O) groups is 1. The Morgan fingerprint density at radius 1 is 1.03 bits per heavy atom.